The van der Waals surface area contributed by atoms with Crippen LogP contribution in [-0.2, 0) is 9.59 Å². The summed E-state index contributed by atoms with van der Waals surface area (Å²) in [5.74, 6) is -2.59. The van der Waals surface area contributed by atoms with Crippen LogP contribution in [0.4, 0.5) is 18.0 Å². The van der Waals surface area contributed by atoms with Crippen LogP contribution in [0.2, 0.25) is 0 Å². The van der Waals surface area contributed by atoms with Crippen LogP contribution in [0.1, 0.15) is 13.3 Å². The summed E-state index contributed by atoms with van der Waals surface area (Å²) in [4.78, 5) is 33.1. The molecule has 0 bridgehead atoms. The SMILES string of the molecule is CC1(CC(=O)O)NC(=O)N(CC(F)(F)F)C1=O. The summed E-state index contributed by atoms with van der Waals surface area (Å²) in [6.45, 7) is -0.662. The van der Waals surface area contributed by atoms with E-state index in [1.54, 1.807) is 0 Å². The van der Waals surface area contributed by atoms with Crippen LogP contribution >= 0.6 is 0 Å². The molecule has 1 heterocycles. The van der Waals surface area contributed by atoms with Crippen LogP contribution in [0.25, 0.3) is 0 Å². The third-order valence-corrected chi connectivity index (χ3v) is 2.19. The number of carbonyl (C=O) groups excluding carboxylic acids is 2. The number of hydrogen-bond donors (Lipinski definition) is 2. The summed E-state index contributed by atoms with van der Waals surface area (Å²) >= 11 is 0. The molecular formula is C8H9F3N2O4. The van der Waals surface area contributed by atoms with Gasteiger partial charge in [0.1, 0.15) is 12.1 Å². The Hall–Kier alpha value is -1.80. The Bertz CT molecular complexity index is 381. The number of imide groups is 1. The van der Waals surface area contributed by atoms with Crippen LogP contribution in [0, 0.1) is 0 Å². The zero-order valence-corrected chi connectivity index (χ0v) is 8.67. The maximum absolute atomic E-state index is 12.1. The van der Waals surface area contributed by atoms with E-state index in [0.717, 1.165) is 6.92 Å². The molecule has 1 rings (SSSR count). The minimum Gasteiger partial charge on any atom is -0.481 e. The highest BCUT2D eigenvalue weighted by atomic mass is 19.4. The first kappa shape index (κ1) is 13.3. The van der Waals surface area contributed by atoms with Gasteiger partial charge in [-0.25, -0.2) is 4.79 Å². The smallest absolute Gasteiger partial charge is 0.406 e. The van der Waals surface area contributed by atoms with E-state index >= 15 is 0 Å². The second-order valence-electron chi connectivity index (χ2n) is 3.84. The quantitative estimate of drug-likeness (QED) is 0.711. The van der Waals surface area contributed by atoms with Crippen molar-refractivity contribution < 1.29 is 32.7 Å². The standard InChI is InChI=1S/C8H9F3N2O4/c1-7(2-4(14)15)5(16)13(6(17)12-7)3-8(9,10)11/h2-3H2,1H3,(H,12,17)(H,14,15). The van der Waals surface area contributed by atoms with Crippen LogP contribution in [-0.4, -0.2) is 46.2 Å². The van der Waals surface area contributed by atoms with Crippen LogP contribution in [0.5, 0.6) is 0 Å². The van der Waals surface area contributed by atoms with Crippen molar-refractivity contribution in [3.8, 4) is 0 Å². The molecule has 3 amide bonds. The number of carboxylic acids is 1. The Kier molecular flexibility index (Phi) is 3.04. The van der Waals surface area contributed by atoms with Crippen LogP contribution in [0.15, 0.2) is 0 Å². The third-order valence-electron chi connectivity index (χ3n) is 2.19. The summed E-state index contributed by atoms with van der Waals surface area (Å²) in [5, 5.41) is 10.5. The van der Waals surface area contributed by atoms with Gasteiger partial charge in [-0.15, -0.1) is 0 Å². The Labute approximate surface area is 93.4 Å². The van der Waals surface area contributed by atoms with Crippen molar-refractivity contribution in [1.29, 1.82) is 0 Å². The number of aliphatic carboxylic acids is 1. The molecule has 6 nitrogen and oxygen atoms in total. The molecule has 0 radical (unpaired) electrons. The molecule has 17 heavy (non-hydrogen) atoms. The summed E-state index contributed by atoms with van der Waals surface area (Å²) < 4.78 is 36.2. The molecule has 0 aromatic carbocycles. The molecule has 0 spiro atoms. The molecule has 0 aromatic heterocycles. The number of amides is 3. The van der Waals surface area contributed by atoms with Crippen molar-refractivity contribution in [3.63, 3.8) is 0 Å². The maximum Gasteiger partial charge on any atom is 0.406 e. The average Bonchev–Trinajstić information content (AvgIpc) is 2.26. The molecular weight excluding hydrogens is 245 g/mol. The van der Waals surface area contributed by atoms with Gasteiger partial charge in [-0.2, -0.15) is 13.2 Å². The molecule has 96 valence electrons. The summed E-state index contributed by atoms with van der Waals surface area (Å²) in [6.07, 6.45) is -5.49. The topological polar surface area (TPSA) is 86.7 Å². The third kappa shape index (κ3) is 2.86. The number of nitrogens with zero attached hydrogens (tertiary/aromatic N) is 1. The number of nitrogens with one attached hydrogen (secondary N) is 1. The van der Waals surface area contributed by atoms with Crippen molar-refractivity contribution in [3.05, 3.63) is 0 Å². The van der Waals surface area contributed by atoms with Crippen LogP contribution < -0.4 is 5.32 Å². The van der Waals surface area contributed by atoms with E-state index in [-0.39, 0.29) is 4.90 Å². The van der Waals surface area contributed by atoms with Crippen LogP contribution in [0.3, 0.4) is 0 Å². The van der Waals surface area contributed by atoms with E-state index in [9.17, 15) is 27.6 Å². The number of alkyl halides is 3. The highest BCUT2D eigenvalue weighted by molar-refractivity contribution is 6.08. The van der Waals surface area contributed by atoms with Crippen molar-refractivity contribution in [2.75, 3.05) is 6.54 Å². The zero-order valence-electron chi connectivity index (χ0n) is 8.67. The minimum atomic E-state index is -4.72. The van der Waals surface area contributed by atoms with Gasteiger partial charge < -0.3 is 10.4 Å². The van der Waals surface area contributed by atoms with E-state index in [1.807, 2.05) is 5.32 Å². The molecule has 1 aliphatic rings. The Balaban J connectivity index is 2.89. The predicted molar refractivity (Wildman–Crippen MR) is 47.0 cm³/mol. The summed E-state index contributed by atoms with van der Waals surface area (Å²) in [5.41, 5.74) is -1.83. The van der Waals surface area contributed by atoms with Gasteiger partial charge in [0.25, 0.3) is 5.91 Å². The van der Waals surface area contributed by atoms with Crippen molar-refractivity contribution in [1.82, 2.24) is 10.2 Å². The first-order valence-corrected chi connectivity index (χ1v) is 4.48. The fourth-order valence-electron chi connectivity index (χ4n) is 1.49. The molecule has 0 saturated carbocycles. The highest BCUT2D eigenvalue weighted by Gasteiger charge is 2.51. The largest absolute Gasteiger partial charge is 0.481 e. The molecule has 1 saturated heterocycles. The van der Waals surface area contributed by atoms with Gasteiger partial charge in [0, 0.05) is 0 Å². The first-order valence-electron chi connectivity index (χ1n) is 4.48. The lowest BCUT2D eigenvalue weighted by atomic mass is 9.98. The van der Waals surface area contributed by atoms with E-state index < -0.39 is 42.6 Å². The van der Waals surface area contributed by atoms with Crippen molar-refractivity contribution >= 4 is 17.9 Å². The number of carboxylic acid groups (broad SMARTS) is 1. The second kappa shape index (κ2) is 3.90. The lowest BCUT2D eigenvalue weighted by molar-refractivity contribution is -0.156. The lowest BCUT2D eigenvalue weighted by Gasteiger charge is -2.19. The van der Waals surface area contributed by atoms with Gasteiger partial charge in [-0.1, -0.05) is 0 Å². The second-order valence-corrected chi connectivity index (χ2v) is 3.84. The van der Waals surface area contributed by atoms with E-state index in [0.29, 0.717) is 0 Å². The molecule has 0 aliphatic carbocycles. The Morgan fingerprint density at radius 3 is 2.41 bits per heavy atom. The Morgan fingerprint density at radius 1 is 1.47 bits per heavy atom. The fourth-order valence-corrected chi connectivity index (χ4v) is 1.49. The lowest BCUT2D eigenvalue weighted by Crippen LogP contribution is -2.46. The molecule has 0 aromatic rings. The van der Waals surface area contributed by atoms with Gasteiger partial charge >= 0.3 is 18.2 Å². The number of urea groups is 1. The molecule has 1 unspecified atom stereocenters. The van der Waals surface area contributed by atoms with Crippen molar-refractivity contribution in [2.45, 2.75) is 25.1 Å². The molecule has 1 atom stereocenters. The summed E-state index contributed by atoms with van der Waals surface area (Å²) in [7, 11) is 0. The number of halogens is 3. The van der Waals surface area contributed by atoms with Gasteiger partial charge in [0.15, 0.2) is 0 Å². The van der Waals surface area contributed by atoms with Gasteiger partial charge in [0.05, 0.1) is 6.42 Å². The maximum atomic E-state index is 12.1. The van der Waals surface area contributed by atoms with Gasteiger partial charge in [-0.05, 0) is 6.92 Å². The molecule has 1 fully saturated rings. The zero-order chi connectivity index (χ0) is 13.4. The number of carbonyl (C=O) groups is 3. The van der Waals surface area contributed by atoms with E-state index in [4.69, 9.17) is 5.11 Å². The first-order chi connectivity index (χ1) is 7.55. The van der Waals surface area contributed by atoms with E-state index in [1.165, 1.54) is 0 Å². The Morgan fingerprint density at radius 2 is 2.00 bits per heavy atom. The predicted octanol–water partition coefficient (Wildman–Crippen LogP) is 0.334. The molecule has 1 aliphatic heterocycles. The minimum absolute atomic E-state index is 0.0388. The molecule has 9 heteroatoms. The van der Waals surface area contributed by atoms with E-state index in [2.05, 4.69) is 0 Å². The van der Waals surface area contributed by atoms with Crippen molar-refractivity contribution in [2.24, 2.45) is 0 Å². The average molecular weight is 254 g/mol. The highest BCUT2D eigenvalue weighted by Crippen LogP contribution is 2.25. The monoisotopic (exact) mass is 254 g/mol. The number of hydrogen-bond acceptors (Lipinski definition) is 3. The van der Waals surface area contributed by atoms with Gasteiger partial charge in [0.2, 0.25) is 0 Å². The summed E-state index contributed by atoms with van der Waals surface area (Å²) in [6, 6.07) is -1.24. The molecule has 2 N–H and O–H groups in total. The number of rotatable bonds is 3. The normalized spacial score (nSPS) is 25.1. The fraction of sp³-hybridized carbons (Fsp3) is 0.625. The van der Waals surface area contributed by atoms with Gasteiger partial charge in [-0.3, -0.25) is 14.5 Å².